The molecule has 0 radical (unpaired) electrons. The van der Waals surface area contributed by atoms with Crippen molar-refractivity contribution in [3.05, 3.63) is 59.4 Å². The average molecular weight is 582 g/mol. The Morgan fingerprint density at radius 1 is 1.07 bits per heavy atom. The van der Waals surface area contributed by atoms with Crippen molar-refractivity contribution in [2.45, 2.75) is 64.1 Å². The molecule has 4 aromatic heterocycles. The molecule has 7 rings (SSSR count). The average Bonchev–Trinajstić information content (AvgIpc) is 3.68. The quantitative estimate of drug-likeness (QED) is 0.293. The van der Waals surface area contributed by atoms with Gasteiger partial charge in [0.05, 0.1) is 48.7 Å². The molecular formula is C33H39N7O3. The summed E-state index contributed by atoms with van der Waals surface area (Å²) in [5, 5.41) is 16.7. The summed E-state index contributed by atoms with van der Waals surface area (Å²) in [6.45, 7) is 6.02. The van der Waals surface area contributed by atoms with Gasteiger partial charge in [0, 0.05) is 48.5 Å². The molecule has 2 aliphatic rings. The van der Waals surface area contributed by atoms with Crippen molar-refractivity contribution >= 4 is 27.6 Å². The first-order valence-electron chi connectivity index (χ1n) is 15.3. The van der Waals surface area contributed by atoms with Crippen LogP contribution in [-0.4, -0.2) is 65.8 Å². The Hall–Kier alpha value is -4.02. The number of nitrogens with one attached hydrogen (secondary N) is 1. The van der Waals surface area contributed by atoms with Gasteiger partial charge in [-0.1, -0.05) is 25.3 Å². The Balaban J connectivity index is 1.39. The van der Waals surface area contributed by atoms with Gasteiger partial charge < -0.3 is 24.3 Å². The van der Waals surface area contributed by atoms with E-state index in [4.69, 9.17) is 14.7 Å². The Bertz CT molecular complexity index is 1840. The number of ether oxygens (including phenoxy) is 1. The summed E-state index contributed by atoms with van der Waals surface area (Å²) in [5.74, 6) is 2.08. The minimum Gasteiger partial charge on any atom is -0.389 e. The molecule has 0 amide bonds. The number of aryl methyl sites for hydroxylation is 1. The number of fused-ring (bicyclic) bond motifs is 2. The molecule has 1 unspecified atom stereocenters. The van der Waals surface area contributed by atoms with Gasteiger partial charge in [0.25, 0.3) is 5.56 Å². The fourth-order valence-corrected chi connectivity index (χ4v) is 6.88. The molecule has 1 aliphatic heterocycles. The molecule has 1 aromatic carbocycles. The predicted octanol–water partition coefficient (Wildman–Crippen LogP) is 4.90. The number of benzene rings is 1. The number of pyridine rings is 1. The Morgan fingerprint density at radius 2 is 1.91 bits per heavy atom. The maximum Gasteiger partial charge on any atom is 0.274 e. The number of aromatic nitrogens is 6. The first-order chi connectivity index (χ1) is 20.7. The van der Waals surface area contributed by atoms with Crippen LogP contribution in [0.15, 0.2) is 53.8 Å². The molecule has 1 saturated carbocycles. The lowest BCUT2D eigenvalue weighted by molar-refractivity contribution is 0.0577. The smallest absolute Gasteiger partial charge is 0.274 e. The lowest BCUT2D eigenvalue weighted by atomic mass is 9.83. The third-order valence-corrected chi connectivity index (χ3v) is 8.95. The standard InChI is InChI=1S/C33H39N7O3/c1-33(2,42)20-39-17-23(16-35-39)30-36-27-10-9-22(26-18-38(3)32(41)29-24(26)11-12-34-29)15-25(27)31(37-30)40-13-14-43-19-28(40)21-7-5-4-6-8-21/h9-12,15-18,21,28,34,42H,4-8,13-14,19-20H2,1-3H3. The zero-order chi connectivity index (χ0) is 29.7. The molecule has 1 saturated heterocycles. The maximum absolute atomic E-state index is 12.8. The highest BCUT2D eigenvalue weighted by Crippen LogP contribution is 2.38. The summed E-state index contributed by atoms with van der Waals surface area (Å²) in [5.41, 5.74) is 3.31. The minimum atomic E-state index is -0.887. The number of hydrogen-bond acceptors (Lipinski definition) is 7. The molecule has 10 heteroatoms. The van der Waals surface area contributed by atoms with Crippen molar-refractivity contribution in [2.75, 3.05) is 24.7 Å². The van der Waals surface area contributed by atoms with E-state index in [1.54, 1.807) is 36.3 Å². The molecule has 1 atom stereocenters. The lowest BCUT2D eigenvalue weighted by Gasteiger charge is -2.42. The van der Waals surface area contributed by atoms with E-state index in [0.717, 1.165) is 45.3 Å². The first kappa shape index (κ1) is 27.8. The molecule has 10 nitrogen and oxygen atoms in total. The molecule has 1 aliphatic carbocycles. The van der Waals surface area contributed by atoms with Crippen LogP contribution in [0.3, 0.4) is 0 Å². The summed E-state index contributed by atoms with van der Waals surface area (Å²) in [7, 11) is 1.79. The van der Waals surface area contributed by atoms with Crippen LogP contribution in [0.2, 0.25) is 0 Å². The number of anilines is 1. The molecule has 5 heterocycles. The van der Waals surface area contributed by atoms with Crippen LogP contribution in [0, 0.1) is 5.92 Å². The van der Waals surface area contributed by atoms with Crippen LogP contribution in [0.1, 0.15) is 46.0 Å². The number of H-pyrrole nitrogens is 1. The molecule has 0 bridgehead atoms. The Morgan fingerprint density at radius 3 is 2.72 bits per heavy atom. The van der Waals surface area contributed by atoms with Crippen molar-refractivity contribution in [1.29, 1.82) is 0 Å². The van der Waals surface area contributed by atoms with Crippen molar-refractivity contribution in [2.24, 2.45) is 13.0 Å². The van der Waals surface area contributed by atoms with Crippen LogP contribution in [0.4, 0.5) is 5.82 Å². The second-order valence-corrected chi connectivity index (χ2v) is 12.8. The molecule has 224 valence electrons. The number of morpholine rings is 1. The van der Waals surface area contributed by atoms with Gasteiger partial charge in [-0.05, 0) is 56.4 Å². The third-order valence-electron chi connectivity index (χ3n) is 8.95. The topological polar surface area (TPSA) is 114 Å². The Kier molecular flexibility index (Phi) is 7.05. The second kappa shape index (κ2) is 10.9. The summed E-state index contributed by atoms with van der Waals surface area (Å²) in [4.78, 5) is 28.6. The predicted molar refractivity (Wildman–Crippen MR) is 168 cm³/mol. The summed E-state index contributed by atoms with van der Waals surface area (Å²) >= 11 is 0. The van der Waals surface area contributed by atoms with Gasteiger partial charge >= 0.3 is 0 Å². The SMILES string of the molecule is Cn1cc(-c2ccc3nc(-c4cnn(CC(C)(C)O)c4)nc(N4CCOCC4C4CCCCC4)c3c2)c2cc[nH]c2c1=O. The highest BCUT2D eigenvalue weighted by molar-refractivity contribution is 5.99. The van der Waals surface area contributed by atoms with E-state index >= 15 is 0 Å². The van der Waals surface area contributed by atoms with Crippen molar-refractivity contribution in [3.63, 3.8) is 0 Å². The number of hydrogen-bond donors (Lipinski definition) is 2. The van der Waals surface area contributed by atoms with Gasteiger partial charge in [0.15, 0.2) is 5.82 Å². The van der Waals surface area contributed by atoms with Gasteiger partial charge in [-0.15, -0.1) is 0 Å². The largest absolute Gasteiger partial charge is 0.389 e. The molecule has 2 N–H and O–H groups in total. The maximum atomic E-state index is 12.8. The van der Waals surface area contributed by atoms with E-state index in [9.17, 15) is 9.90 Å². The van der Waals surface area contributed by atoms with E-state index in [1.165, 1.54) is 32.1 Å². The van der Waals surface area contributed by atoms with Crippen LogP contribution in [0.25, 0.3) is 44.3 Å². The van der Waals surface area contributed by atoms with E-state index < -0.39 is 5.60 Å². The highest BCUT2D eigenvalue weighted by atomic mass is 16.5. The van der Waals surface area contributed by atoms with Crippen LogP contribution in [0.5, 0.6) is 0 Å². The molecule has 43 heavy (non-hydrogen) atoms. The monoisotopic (exact) mass is 581 g/mol. The lowest BCUT2D eigenvalue weighted by Crippen LogP contribution is -2.50. The van der Waals surface area contributed by atoms with Crippen molar-refractivity contribution in [1.82, 2.24) is 29.3 Å². The van der Waals surface area contributed by atoms with Crippen LogP contribution in [-0.2, 0) is 18.3 Å². The van der Waals surface area contributed by atoms with Crippen LogP contribution < -0.4 is 10.5 Å². The molecular weight excluding hydrogens is 542 g/mol. The number of nitrogens with zero attached hydrogens (tertiary/aromatic N) is 6. The van der Waals surface area contributed by atoms with E-state index in [0.29, 0.717) is 37.0 Å². The first-order valence-corrected chi connectivity index (χ1v) is 15.3. The van der Waals surface area contributed by atoms with E-state index in [2.05, 4.69) is 33.2 Å². The van der Waals surface area contributed by atoms with Gasteiger partial charge in [-0.25, -0.2) is 9.97 Å². The summed E-state index contributed by atoms with van der Waals surface area (Å²) in [6.07, 6.45) is 13.6. The number of rotatable bonds is 6. The van der Waals surface area contributed by atoms with Gasteiger partial charge in [0.1, 0.15) is 11.3 Å². The molecule has 5 aromatic rings. The van der Waals surface area contributed by atoms with Gasteiger partial charge in [-0.2, -0.15) is 5.10 Å². The number of aromatic amines is 1. The van der Waals surface area contributed by atoms with Gasteiger partial charge in [0.2, 0.25) is 0 Å². The highest BCUT2D eigenvalue weighted by Gasteiger charge is 2.34. The normalized spacial score (nSPS) is 18.6. The van der Waals surface area contributed by atoms with Crippen LogP contribution >= 0.6 is 0 Å². The third kappa shape index (κ3) is 5.34. The van der Waals surface area contributed by atoms with Gasteiger partial charge in [-0.3, -0.25) is 9.48 Å². The summed E-state index contributed by atoms with van der Waals surface area (Å²) < 4.78 is 9.44. The molecule has 0 spiro atoms. The minimum absolute atomic E-state index is 0.0491. The zero-order valence-electron chi connectivity index (χ0n) is 25.1. The Labute approximate surface area is 250 Å². The summed E-state index contributed by atoms with van der Waals surface area (Å²) in [6, 6.07) is 8.51. The second-order valence-electron chi connectivity index (χ2n) is 12.8. The van der Waals surface area contributed by atoms with E-state index in [-0.39, 0.29) is 11.6 Å². The fraction of sp³-hybridized carbons (Fsp3) is 0.455. The van der Waals surface area contributed by atoms with E-state index in [1.807, 2.05) is 24.7 Å². The zero-order valence-corrected chi connectivity index (χ0v) is 25.1. The fourth-order valence-electron chi connectivity index (χ4n) is 6.88. The van der Waals surface area contributed by atoms with Crippen molar-refractivity contribution in [3.8, 4) is 22.5 Å². The molecule has 2 fully saturated rings. The van der Waals surface area contributed by atoms with Crippen molar-refractivity contribution < 1.29 is 9.84 Å². The number of aliphatic hydroxyl groups is 1.